The average Bonchev–Trinajstić information content (AvgIpc) is 3.34. The van der Waals surface area contributed by atoms with Crippen LogP contribution in [-0.2, 0) is 14.8 Å². The van der Waals surface area contributed by atoms with Crippen LogP contribution in [0.5, 0.6) is 0 Å². The van der Waals surface area contributed by atoms with Gasteiger partial charge in [-0.3, -0.25) is 4.79 Å². The van der Waals surface area contributed by atoms with Crippen LogP contribution in [0.3, 0.4) is 0 Å². The first kappa shape index (κ1) is 20.4. The van der Waals surface area contributed by atoms with Crippen molar-refractivity contribution in [1.82, 2.24) is 14.6 Å². The van der Waals surface area contributed by atoms with E-state index in [4.69, 9.17) is 4.74 Å². The molecule has 3 unspecified atom stereocenters. The highest BCUT2D eigenvalue weighted by atomic mass is 32.2. The normalized spacial score (nSPS) is 26.1. The number of aromatic amines is 1. The summed E-state index contributed by atoms with van der Waals surface area (Å²) in [6, 6.07) is 6.71. The number of ether oxygens (including phenoxy) is 1. The molecule has 7 nitrogen and oxygen atoms in total. The topological polar surface area (TPSA) is 91.5 Å². The zero-order chi connectivity index (χ0) is 20.6. The Hall–Kier alpha value is -1.90. The number of hydrogen-bond donors (Lipinski definition) is 2. The third-order valence-corrected chi connectivity index (χ3v) is 7.65. The van der Waals surface area contributed by atoms with E-state index in [0.29, 0.717) is 42.6 Å². The number of sulfonamides is 1. The van der Waals surface area contributed by atoms with E-state index in [1.807, 2.05) is 0 Å². The van der Waals surface area contributed by atoms with Gasteiger partial charge < -0.3 is 15.0 Å². The smallest absolute Gasteiger partial charge is 0.267 e. The highest BCUT2D eigenvalue weighted by Gasteiger charge is 2.31. The number of rotatable bonds is 5. The SMILES string of the molecule is CC1CC(C)CN(S(=O)(=O)c2ccc3[nH]c(C(=O)NCC4CCCO4)cc3c2)C1. The second-order valence-electron chi connectivity index (χ2n) is 8.55. The average molecular weight is 420 g/mol. The van der Waals surface area contributed by atoms with Crippen LogP contribution >= 0.6 is 0 Å². The zero-order valence-corrected chi connectivity index (χ0v) is 17.8. The molecule has 2 aromatic rings. The van der Waals surface area contributed by atoms with Gasteiger partial charge in [-0.1, -0.05) is 13.8 Å². The van der Waals surface area contributed by atoms with E-state index >= 15 is 0 Å². The second-order valence-corrected chi connectivity index (χ2v) is 10.5. The number of H-pyrrole nitrogens is 1. The van der Waals surface area contributed by atoms with Crippen LogP contribution < -0.4 is 5.32 Å². The Morgan fingerprint density at radius 1 is 1.24 bits per heavy atom. The molecule has 158 valence electrons. The fraction of sp³-hybridized carbons (Fsp3) is 0.571. The molecule has 3 atom stereocenters. The zero-order valence-electron chi connectivity index (χ0n) is 17.0. The standard InChI is InChI=1S/C21H29N3O4S/c1-14-8-15(2)13-24(12-14)29(26,27)18-5-6-19-16(9-18)10-20(23-19)21(25)22-11-17-4-3-7-28-17/h5-6,9-10,14-15,17,23H,3-4,7-8,11-13H2,1-2H3,(H,22,25). The van der Waals surface area contributed by atoms with Gasteiger partial charge in [-0.05, 0) is 55.4 Å². The van der Waals surface area contributed by atoms with E-state index in [-0.39, 0.29) is 16.9 Å². The van der Waals surface area contributed by atoms with Crippen LogP contribution in [0.2, 0.25) is 0 Å². The number of hydrogen-bond acceptors (Lipinski definition) is 4. The number of fused-ring (bicyclic) bond motifs is 1. The molecule has 3 heterocycles. The van der Waals surface area contributed by atoms with E-state index in [1.165, 1.54) is 0 Å². The molecule has 2 fully saturated rings. The van der Waals surface area contributed by atoms with E-state index in [2.05, 4.69) is 24.1 Å². The maximum Gasteiger partial charge on any atom is 0.267 e. The minimum Gasteiger partial charge on any atom is -0.376 e. The van der Waals surface area contributed by atoms with Crippen molar-refractivity contribution in [2.75, 3.05) is 26.2 Å². The predicted octanol–water partition coefficient (Wildman–Crippen LogP) is 2.74. The van der Waals surface area contributed by atoms with E-state index < -0.39 is 10.0 Å². The Kier molecular flexibility index (Phi) is 5.68. The molecule has 0 aliphatic carbocycles. The lowest BCUT2D eigenvalue weighted by Crippen LogP contribution is -2.42. The number of carbonyl (C=O) groups is 1. The lowest BCUT2D eigenvalue weighted by Gasteiger charge is -2.34. The van der Waals surface area contributed by atoms with Crippen molar-refractivity contribution in [3.63, 3.8) is 0 Å². The Morgan fingerprint density at radius 3 is 2.69 bits per heavy atom. The lowest BCUT2D eigenvalue weighted by molar-refractivity contribution is 0.0854. The number of piperidine rings is 1. The summed E-state index contributed by atoms with van der Waals surface area (Å²) in [6.07, 6.45) is 3.11. The molecule has 0 saturated carbocycles. The lowest BCUT2D eigenvalue weighted by atomic mass is 9.94. The minimum absolute atomic E-state index is 0.0781. The summed E-state index contributed by atoms with van der Waals surface area (Å²) in [6.45, 7) is 6.52. The van der Waals surface area contributed by atoms with Crippen molar-refractivity contribution < 1.29 is 17.9 Å². The van der Waals surface area contributed by atoms with Gasteiger partial charge in [0.25, 0.3) is 5.91 Å². The van der Waals surface area contributed by atoms with E-state index in [1.54, 1.807) is 28.6 Å². The van der Waals surface area contributed by atoms with Gasteiger partial charge in [0.15, 0.2) is 0 Å². The Balaban J connectivity index is 1.52. The number of nitrogens with zero attached hydrogens (tertiary/aromatic N) is 1. The highest BCUT2D eigenvalue weighted by molar-refractivity contribution is 7.89. The number of carbonyl (C=O) groups excluding carboxylic acids is 1. The Morgan fingerprint density at radius 2 is 2.00 bits per heavy atom. The van der Waals surface area contributed by atoms with Crippen LogP contribution in [0.25, 0.3) is 10.9 Å². The second kappa shape index (κ2) is 8.08. The molecule has 8 heteroatoms. The van der Waals surface area contributed by atoms with Gasteiger partial charge in [-0.15, -0.1) is 0 Å². The molecule has 1 amide bonds. The van der Waals surface area contributed by atoms with Crippen LogP contribution in [-0.4, -0.2) is 56.0 Å². The van der Waals surface area contributed by atoms with Gasteiger partial charge >= 0.3 is 0 Å². The molecule has 4 rings (SSSR count). The van der Waals surface area contributed by atoms with Gasteiger partial charge in [-0.2, -0.15) is 4.31 Å². The van der Waals surface area contributed by atoms with Gasteiger partial charge in [0, 0.05) is 37.1 Å². The summed E-state index contributed by atoms with van der Waals surface area (Å²) in [4.78, 5) is 15.8. The fourth-order valence-corrected chi connectivity index (χ4v) is 6.17. The molecule has 29 heavy (non-hydrogen) atoms. The first-order valence-corrected chi connectivity index (χ1v) is 11.8. The Bertz CT molecular complexity index is 985. The first-order chi connectivity index (χ1) is 13.8. The van der Waals surface area contributed by atoms with Crippen molar-refractivity contribution >= 4 is 26.8 Å². The molecule has 0 bridgehead atoms. The van der Waals surface area contributed by atoms with Crippen molar-refractivity contribution in [3.05, 3.63) is 30.0 Å². The number of amides is 1. The van der Waals surface area contributed by atoms with Gasteiger partial charge in [-0.25, -0.2) is 8.42 Å². The predicted molar refractivity (Wildman–Crippen MR) is 111 cm³/mol. The molecule has 2 saturated heterocycles. The molecular formula is C21H29N3O4S. The molecule has 2 aliphatic rings. The Labute approximate surface area is 171 Å². The summed E-state index contributed by atoms with van der Waals surface area (Å²) < 4.78 is 33.4. The van der Waals surface area contributed by atoms with Crippen LogP contribution in [0.4, 0.5) is 0 Å². The molecule has 2 aliphatic heterocycles. The third kappa shape index (κ3) is 4.34. The van der Waals surface area contributed by atoms with Gasteiger partial charge in [0.1, 0.15) is 5.69 Å². The van der Waals surface area contributed by atoms with Crippen molar-refractivity contribution in [3.8, 4) is 0 Å². The fourth-order valence-electron chi connectivity index (χ4n) is 4.45. The van der Waals surface area contributed by atoms with E-state index in [9.17, 15) is 13.2 Å². The largest absolute Gasteiger partial charge is 0.376 e. The highest BCUT2D eigenvalue weighted by Crippen LogP contribution is 2.28. The van der Waals surface area contributed by atoms with Crippen LogP contribution in [0.1, 0.15) is 43.6 Å². The van der Waals surface area contributed by atoms with Gasteiger partial charge in [0.2, 0.25) is 10.0 Å². The molecule has 1 aromatic heterocycles. The third-order valence-electron chi connectivity index (χ3n) is 5.82. The van der Waals surface area contributed by atoms with Crippen LogP contribution in [0.15, 0.2) is 29.2 Å². The maximum atomic E-state index is 13.1. The first-order valence-electron chi connectivity index (χ1n) is 10.4. The summed E-state index contributed by atoms with van der Waals surface area (Å²) in [5.74, 6) is 0.493. The number of aromatic nitrogens is 1. The monoisotopic (exact) mass is 419 g/mol. The summed E-state index contributed by atoms with van der Waals surface area (Å²) in [7, 11) is -3.55. The minimum atomic E-state index is -3.55. The van der Waals surface area contributed by atoms with Crippen molar-refractivity contribution in [2.24, 2.45) is 11.8 Å². The van der Waals surface area contributed by atoms with Crippen LogP contribution in [0, 0.1) is 11.8 Å². The molecule has 0 spiro atoms. The molecule has 2 N–H and O–H groups in total. The summed E-state index contributed by atoms with van der Waals surface area (Å²) in [5, 5.41) is 3.60. The van der Waals surface area contributed by atoms with E-state index in [0.717, 1.165) is 31.4 Å². The molecule has 1 aromatic carbocycles. The number of benzene rings is 1. The quantitative estimate of drug-likeness (QED) is 0.780. The number of nitrogens with one attached hydrogen (secondary N) is 2. The summed E-state index contributed by atoms with van der Waals surface area (Å²) >= 11 is 0. The summed E-state index contributed by atoms with van der Waals surface area (Å²) in [5.41, 5.74) is 1.17. The maximum absolute atomic E-state index is 13.1. The van der Waals surface area contributed by atoms with Gasteiger partial charge in [0.05, 0.1) is 11.0 Å². The van der Waals surface area contributed by atoms with Crippen molar-refractivity contribution in [2.45, 2.75) is 44.1 Å². The van der Waals surface area contributed by atoms with Crippen molar-refractivity contribution in [1.29, 1.82) is 0 Å². The molecular weight excluding hydrogens is 390 g/mol. The molecule has 0 radical (unpaired) electrons.